The Morgan fingerprint density at radius 3 is 2.67 bits per heavy atom. The maximum Gasteiger partial charge on any atom is 0.341 e. The molecule has 4 aromatic rings. The van der Waals surface area contributed by atoms with Crippen LogP contribution in [0.25, 0.3) is 10.8 Å². The fourth-order valence-corrected chi connectivity index (χ4v) is 6.67. The average Bonchev–Trinajstić information content (AvgIpc) is 3.57. The second-order valence-electron chi connectivity index (χ2n) is 9.40. The molecule has 0 saturated heterocycles. The lowest BCUT2D eigenvalue weighted by Crippen LogP contribution is -2.32. The van der Waals surface area contributed by atoms with E-state index in [4.69, 9.17) is 14.2 Å². The van der Waals surface area contributed by atoms with E-state index in [1.165, 1.54) is 24.7 Å². The van der Waals surface area contributed by atoms with Gasteiger partial charge in [-0.05, 0) is 81.7 Å². The van der Waals surface area contributed by atoms with E-state index in [1.807, 2.05) is 31.2 Å². The molecule has 0 atom stereocenters. The fraction of sp³-hybridized carbons (Fsp3) is 0.226. The maximum absolute atomic E-state index is 12.6. The van der Waals surface area contributed by atoms with Gasteiger partial charge in [-0.2, -0.15) is 5.10 Å². The van der Waals surface area contributed by atoms with Crippen LogP contribution in [0.2, 0.25) is 0 Å². The van der Waals surface area contributed by atoms with Crippen LogP contribution in [0.3, 0.4) is 0 Å². The van der Waals surface area contributed by atoms with Crippen LogP contribution in [0.5, 0.6) is 11.5 Å². The van der Waals surface area contributed by atoms with E-state index in [1.54, 1.807) is 12.1 Å². The van der Waals surface area contributed by atoms with Crippen molar-refractivity contribution in [3.05, 3.63) is 86.2 Å². The molecule has 0 bridgehead atoms. The third-order valence-corrected chi connectivity index (χ3v) is 8.50. The molecule has 1 aromatic heterocycles. The molecule has 1 aliphatic rings. The number of carbonyl (C=O) groups is 3. The minimum atomic E-state index is -0.977. The number of anilines is 1. The summed E-state index contributed by atoms with van der Waals surface area (Å²) < 4.78 is 17.5. The Bertz CT molecular complexity index is 1690. The van der Waals surface area contributed by atoms with Gasteiger partial charge in [0.15, 0.2) is 11.5 Å². The monoisotopic (exact) mass is 649 g/mol. The van der Waals surface area contributed by atoms with Gasteiger partial charge < -0.3 is 19.5 Å². The Morgan fingerprint density at radius 2 is 1.86 bits per heavy atom. The zero-order valence-corrected chi connectivity index (χ0v) is 25.4. The summed E-state index contributed by atoms with van der Waals surface area (Å²) in [7, 11) is 1.29. The van der Waals surface area contributed by atoms with Crippen molar-refractivity contribution in [3.8, 4) is 11.5 Å². The van der Waals surface area contributed by atoms with Crippen molar-refractivity contribution in [3.63, 3.8) is 0 Å². The first-order valence-corrected chi connectivity index (χ1v) is 14.9. The van der Waals surface area contributed by atoms with Gasteiger partial charge in [0, 0.05) is 4.88 Å². The van der Waals surface area contributed by atoms with Gasteiger partial charge in [-0.3, -0.25) is 9.59 Å². The first kappa shape index (κ1) is 29.3. The minimum Gasteiger partial charge on any atom is -0.490 e. The molecular formula is C31H28BrN3O6S. The molecule has 0 saturated carbocycles. The third-order valence-electron chi connectivity index (χ3n) is 6.71. The summed E-state index contributed by atoms with van der Waals surface area (Å²) in [5.74, 6) is -1.42. The quantitative estimate of drug-likeness (QED) is 0.0994. The standard InChI is InChI=1S/C31H28BrN3O6S/c1-3-40-24-15-18(14-23(32)27(24)41-17-20-10-6-9-19-8-4-5-11-21(19)20)16-33-35-29(37)28(36)34-30-26(31(38)39-2)22-12-7-13-25(22)42-30/h4-6,8-11,14-16H,3,7,12-13,17H2,1-2H3,(H,34,36)(H,35,37). The van der Waals surface area contributed by atoms with Crippen molar-refractivity contribution in [2.24, 2.45) is 5.10 Å². The number of aryl methyl sites for hydroxylation is 1. The predicted molar refractivity (Wildman–Crippen MR) is 166 cm³/mol. The lowest BCUT2D eigenvalue weighted by atomic mass is 10.1. The Hall–Kier alpha value is -4.22. The molecule has 216 valence electrons. The van der Waals surface area contributed by atoms with E-state index in [2.05, 4.69) is 50.0 Å². The minimum absolute atomic E-state index is 0.306. The molecule has 2 N–H and O–H groups in total. The lowest BCUT2D eigenvalue weighted by Gasteiger charge is -2.15. The smallest absolute Gasteiger partial charge is 0.341 e. The van der Waals surface area contributed by atoms with Gasteiger partial charge in [0.05, 0.1) is 30.0 Å². The molecule has 11 heteroatoms. The number of thiophene rings is 1. The number of hydrazone groups is 1. The van der Waals surface area contributed by atoms with Gasteiger partial charge in [0.1, 0.15) is 11.6 Å². The highest BCUT2D eigenvalue weighted by Crippen LogP contribution is 2.40. The summed E-state index contributed by atoms with van der Waals surface area (Å²) in [6.45, 7) is 2.62. The number of esters is 1. The highest BCUT2D eigenvalue weighted by atomic mass is 79.9. The van der Waals surface area contributed by atoms with Crippen LogP contribution < -0.4 is 20.2 Å². The van der Waals surface area contributed by atoms with Crippen LogP contribution in [0.4, 0.5) is 5.00 Å². The summed E-state index contributed by atoms with van der Waals surface area (Å²) in [4.78, 5) is 38.4. The Kier molecular flexibility index (Phi) is 9.19. The lowest BCUT2D eigenvalue weighted by molar-refractivity contribution is -0.136. The molecule has 1 heterocycles. The number of hydrogen-bond acceptors (Lipinski definition) is 8. The van der Waals surface area contributed by atoms with E-state index in [0.717, 1.165) is 46.0 Å². The van der Waals surface area contributed by atoms with E-state index >= 15 is 0 Å². The molecule has 5 rings (SSSR count). The van der Waals surface area contributed by atoms with Gasteiger partial charge >= 0.3 is 17.8 Å². The fourth-order valence-electron chi connectivity index (χ4n) is 4.82. The van der Waals surface area contributed by atoms with E-state index in [0.29, 0.717) is 45.3 Å². The number of ether oxygens (including phenoxy) is 3. The first-order valence-electron chi connectivity index (χ1n) is 13.3. The molecule has 0 radical (unpaired) electrons. The Labute approximate surface area is 255 Å². The molecule has 0 unspecified atom stereocenters. The number of hydrogen-bond donors (Lipinski definition) is 2. The van der Waals surface area contributed by atoms with E-state index < -0.39 is 17.8 Å². The van der Waals surface area contributed by atoms with Gasteiger partial charge in [-0.15, -0.1) is 11.3 Å². The number of methoxy groups -OCH3 is 1. The number of halogens is 1. The van der Waals surface area contributed by atoms with Crippen molar-refractivity contribution >= 4 is 67.0 Å². The molecule has 3 aromatic carbocycles. The molecule has 0 fully saturated rings. The molecule has 0 aliphatic heterocycles. The normalized spacial score (nSPS) is 12.3. The van der Waals surface area contributed by atoms with Gasteiger partial charge in [0.25, 0.3) is 0 Å². The zero-order valence-electron chi connectivity index (χ0n) is 23.0. The molecule has 42 heavy (non-hydrogen) atoms. The largest absolute Gasteiger partial charge is 0.490 e. The van der Waals surface area contributed by atoms with Crippen LogP contribution in [-0.4, -0.2) is 37.7 Å². The summed E-state index contributed by atoms with van der Waals surface area (Å²) in [5.41, 5.74) is 5.07. The summed E-state index contributed by atoms with van der Waals surface area (Å²) in [6, 6.07) is 17.7. The number of benzene rings is 3. The molecule has 0 spiro atoms. The second kappa shape index (κ2) is 13.2. The van der Waals surface area contributed by atoms with Crippen molar-refractivity contribution < 1.29 is 28.6 Å². The zero-order chi connectivity index (χ0) is 29.6. The maximum atomic E-state index is 12.6. The molecule has 1 aliphatic carbocycles. The average molecular weight is 651 g/mol. The SMILES string of the molecule is CCOc1cc(C=NNC(=O)C(=O)Nc2sc3c(c2C(=O)OC)CCC3)cc(Br)c1OCc1cccc2ccccc12. The highest BCUT2D eigenvalue weighted by molar-refractivity contribution is 9.10. The van der Waals surface area contributed by atoms with Crippen LogP contribution in [0.15, 0.2) is 64.2 Å². The Balaban J connectivity index is 1.25. The van der Waals surface area contributed by atoms with Gasteiger partial charge in [0.2, 0.25) is 0 Å². The predicted octanol–water partition coefficient (Wildman–Crippen LogP) is 6.01. The summed E-state index contributed by atoms with van der Waals surface area (Å²) >= 11 is 4.85. The first-order chi connectivity index (χ1) is 20.4. The number of nitrogens with one attached hydrogen (secondary N) is 2. The summed E-state index contributed by atoms with van der Waals surface area (Å²) in [5, 5.41) is 9.02. The summed E-state index contributed by atoms with van der Waals surface area (Å²) in [6.07, 6.45) is 3.89. The number of carbonyl (C=O) groups excluding carboxylic acids is 3. The highest BCUT2D eigenvalue weighted by Gasteiger charge is 2.29. The van der Waals surface area contributed by atoms with Crippen LogP contribution in [0, 0.1) is 0 Å². The van der Waals surface area contributed by atoms with Gasteiger partial charge in [-0.1, -0.05) is 42.5 Å². The number of amides is 2. The number of nitrogens with zero attached hydrogens (tertiary/aromatic N) is 1. The van der Waals surface area contributed by atoms with Crippen LogP contribution >= 0.6 is 27.3 Å². The number of rotatable bonds is 9. The Morgan fingerprint density at radius 1 is 1.05 bits per heavy atom. The molecular weight excluding hydrogens is 622 g/mol. The van der Waals surface area contributed by atoms with E-state index in [9.17, 15) is 14.4 Å². The topological polar surface area (TPSA) is 115 Å². The van der Waals surface area contributed by atoms with Gasteiger partial charge in [-0.25, -0.2) is 10.2 Å². The van der Waals surface area contributed by atoms with Crippen LogP contribution in [0.1, 0.15) is 45.3 Å². The second-order valence-corrected chi connectivity index (χ2v) is 11.4. The third kappa shape index (κ3) is 6.32. The van der Waals surface area contributed by atoms with E-state index in [-0.39, 0.29) is 0 Å². The van der Waals surface area contributed by atoms with Crippen molar-refractivity contribution in [1.29, 1.82) is 0 Å². The molecule has 9 nitrogen and oxygen atoms in total. The van der Waals surface area contributed by atoms with Crippen molar-refractivity contribution in [2.75, 3.05) is 19.0 Å². The molecule has 2 amide bonds. The van der Waals surface area contributed by atoms with Crippen LogP contribution in [-0.2, 0) is 33.8 Å². The number of fused-ring (bicyclic) bond motifs is 2. The van der Waals surface area contributed by atoms with Crippen molar-refractivity contribution in [2.45, 2.75) is 32.8 Å². The van der Waals surface area contributed by atoms with Crippen molar-refractivity contribution in [1.82, 2.24) is 5.43 Å².